The van der Waals surface area contributed by atoms with Gasteiger partial charge in [-0.2, -0.15) is 10.1 Å². The van der Waals surface area contributed by atoms with Gasteiger partial charge >= 0.3 is 0 Å². The average molecular weight is 335 g/mol. The number of halogens is 2. The first-order valence-electron chi connectivity index (χ1n) is 6.19. The van der Waals surface area contributed by atoms with E-state index < -0.39 is 11.8 Å². The summed E-state index contributed by atoms with van der Waals surface area (Å²) in [5, 5.41) is 14.8. The minimum Gasteiger partial charge on any atom is -0.506 e. The third kappa shape index (κ3) is 2.34. The molecule has 0 atom stereocenters. The van der Waals surface area contributed by atoms with Crippen molar-refractivity contribution in [2.24, 2.45) is 5.10 Å². The number of hydrogen-bond donors (Lipinski definition) is 1. The number of hydrogen-bond acceptors (Lipinski definition) is 4. The number of hydrazone groups is 1. The molecule has 0 bridgehead atoms. The second kappa shape index (κ2) is 5.44. The van der Waals surface area contributed by atoms with Crippen LogP contribution in [0.15, 0.2) is 41.5 Å². The lowest BCUT2D eigenvalue weighted by Crippen LogP contribution is -2.24. The Kier molecular flexibility index (Phi) is 3.60. The van der Waals surface area contributed by atoms with Gasteiger partial charge in [0.15, 0.2) is 0 Å². The van der Waals surface area contributed by atoms with Gasteiger partial charge in [-0.05, 0) is 24.3 Å². The monoisotopic (exact) mass is 334 g/mol. The zero-order valence-electron chi connectivity index (χ0n) is 11.0. The number of phenolic OH excluding ortho intramolecular Hbond substituents is 1. The van der Waals surface area contributed by atoms with Gasteiger partial charge in [-0.25, -0.2) is 0 Å². The van der Waals surface area contributed by atoms with Crippen LogP contribution >= 0.6 is 23.2 Å². The number of fused-ring (bicyclic) bond motifs is 1. The highest BCUT2D eigenvalue weighted by atomic mass is 35.5. The number of carbonyl (C=O) groups is 2. The summed E-state index contributed by atoms with van der Waals surface area (Å²) >= 11 is 11.6. The molecule has 1 heterocycles. The molecule has 2 aromatic rings. The Bertz CT molecular complexity index is 799. The van der Waals surface area contributed by atoms with Gasteiger partial charge in [-0.3, -0.25) is 9.59 Å². The molecule has 0 radical (unpaired) electrons. The Labute approximate surface area is 135 Å². The van der Waals surface area contributed by atoms with E-state index in [1.807, 2.05) is 0 Å². The maximum atomic E-state index is 12.1. The fraction of sp³-hybridized carbons (Fsp3) is 0. The molecule has 0 spiro atoms. The zero-order chi connectivity index (χ0) is 15.9. The second-order valence-corrected chi connectivity index (χ2v) is 5.38. The molecule has 1 N–H and O–H groups in total. The maximum absolute atomic E-state index is 12.1. The van der Waals surface area contributed by atoms with Crippen molar-refractivity contribution in [1.82, 2.24) is 5.01 Å². The third-order valence-electron chi connectivity index (χ3n) is 3.14. The van der Waals surface area contributed by atoms with Crippen molar-refractivity contribution in [3.63, 3.8) is 0 Å². The molecular formula is C15H8Cl2N2O3. The maximum Gasteiger partial charge on any atom is 0.282 e. The lowest BCUT2D eigenvalue weighted by atomic mass is 10.1. The molecular weight excluding hydrogens is 327 g/mol. The van der Waals surface area contributed by atoms with Gasteiger partial charge in [-0.15, -0.1) is 0 Å². The van der Waals surface area contributed by atoms with E-state index in [-0.39, 0.29) is 27.5 Å². The van der Waals surface area contributed by atoms with Gasteiger partial charge in [0.2, 0.25) is 0 Å². The van der Waals surface area contributed by atoms with E-state index >= 15 is 0 Å². The number of imide groups is 1. The molecule has 0 aromatic heterocycles. The summed E-state index contributed by atoms with van der Waals surface area (Å²) < 4.78 is 0. The zero-order valence-corrected chi connectivity index (χ0v) is 12.5. The van der Waals surface area contributed by atoms with E-state index in [2.05, 4.69) is 5.10 Å². The summed E-state index contributed by atoms with van der Waals surface area (Å²) in [6.45, 7) is 0. The Morgan fingerprint density at radius 2 is 1.64 bits per heavy atom. The molecule has 2 aromatic carbocycles. The summed E-state index contributed by atoms with van der Waals surface area (Å²) in [4.78, 5) is 24.2. The van der Waals surface area contributed by atoms with E-state index in [1.165, 1.54) is 12.1 Å². The van der Waals surface area contributed by atoms with Gasteiger partial charge in [0, 0.05) is 10.6 Å². The van der Waals surface area contributed by atoms with Crippen LogP contribution < -0.4 is 0 Å². The topological polar surface area (TPSA) is 70.0 Å². The number of amides is 2. The average Bonchev–Trinajstić information content (AvgIpc) is 2.74. The van der Waals surface area contributed by atoms with Gasteiger partial charge < -0.3 is 5.11 Å². The molecule has 1 aliphatic heterocycles. The number of carbonyl (C=O) groups excluding carboxylic acids is 2. The van der Waals surface area contributed by atoms with Gasteiger partial charge in [0.05, 0.1) is 22.4 Å². The Morgan fingerprint density at radius 1 is 1.05 bits per heavy atom. The molecule has 0 unspecified atom stereocenters. The SMILES string of the molecule is O=C1c2ccccc2C(=O)N1N=Cc1cc(Cl)cc(Cl)c1O. The first kappa shape index (κ1) is 14.6. The number of benzene rings is 2. The summed E-state index contributed by atoms with van der Waals surface area (Å²) in [6.07, 6.45) is 1.16. The van der Waals surface area contributed by atoms with Crippen LogP contribution in [0.4, 0.5) is 0 Å². The molecule has 22 heavy (non-hydrogen) atoms. The minimum absolute atomic E-state index is 0.0521. The third-order valence-corrected chi connectivity index (χ3v) is 3.65. The number of nitrogens with zero attached hydrogens (tertiary/aromatic N) is 2. The summed E-state index contributed by atoms with van der Waals surface area (Å²) in [7, 11) is 0. The van der Waals surface area contributed by atoms with Crippen LogP contribution in [0.5, 0.6) is 5.75 Å². The summed E-state index contributed by atoms with van der Waals surface area (Å²) in [6, 6.07) is 9.24. The Balaban J connectivity index is 1.95. The highest BCUT2D eigenvalue weighted by Gasteiger charge is 2.35. The van der Waals surface area contributed by atoms with Crippen LogP contribution in [-0.4, -0.2) is 28.1 Å². The second-order valence-electron chi connectivity index (χ2n) is 4.54. The molecule has 0 saturated carbocycles. The van der Waals surface area contributed by atoms with E-state index in [9.17, 15) is 14.7 Å². The molecule has 0 saturated heterocycles. The van der Waals surface area contributed by atoms with E-state index in [1.54, 1.807) is 24.3 Å². The van der Waals surface area contributed by atoms with Crippen LogP contribution in [0.25, 0.3) is 0 Å². The number of phenols is 1. The smallest absolute Gasteiger partial charge is 0.282 e. The van der Waals surface area contributed by atoms with Gasteiger partial charge in [0.1, 0.15) is 5.75 Å². The highest BCUT2D eigenvalue weighted by molar-refractivity contribution is 6.36. The first-order valence-corrected chi connectivity index (χ1v) is 6.94. The van der Waals surface area contributed by atoms with Crippen molar-refractivity contribution in [3.05, 3.63) is 63.1 Å². The van der Waals surface area contributed by atoms with Crippen molar-refractivity contribution in [2.75, 3.05) is 0 Å². The molecule has 110 valence electrons. The van der Waals surface area contributed by atoms with Crippen molar-refractivity contribution in [2.45, 2.75) is 0 Å². The lowest BCUT2D eigenvalue weighted by Gasteiger charge is -2.07. The van der Waals surface area contributed by atoms with E-state index in [0.717, 1.165) is 11.2 Å². The summed E-state index contributed by atoms with van der Waals surface area (Å²) in [5.74, 6) is -1.28. The quantitative estimate of drug-likeness (QED) is 0.676. The molecule has 2 amide bonds. The van der Waals surface area contributed by atoms with Gasteiger partial charge in [-0.1, -0.05) is 35.3 Å². The Morgan fingerprint density at radius 3 is 2.23 bits per heavy atom. The molecule has 3 rings (SSSR count). The fourth-order valence-electron chi connectivity index (χ4n) is 2.09. The van der Waals surface area contributed by atoms with E-state index in [0.29, 0.717) is 5.02 Å². The number of aromatic hydroxyl groups is 1. The fourth-order valence-corrected chi connectivity index (χ4v) is 2.59. The highest BCUT2D eigenvalue weighted by Crippen LogP contribution is 2.30. The van der Waals surface area contributed by atoms with Crippen LogP contribution in [0.1, 0.15) is 26.3 Å². The summed E-state index contributed by atoms with van der Waals surface area (Å²) in [5.41, 5.74) is 0.782. The predicted molar refractivity (Wildman–Crippen MR) is 82.7 cm³/mol. The van der Waals surface area contributed by atoms with Crippen LogP contribution in [0.3, 0.4) is 0 Å². The standard InChI is InChI=1S/C15H8Cl2N2O3/c16-9-5-8(13(20)12(17)6-9)7-18-19-14(21)10-3-1-2-4-11(10)15(19)22/h1-7,20H. The number of rotatable bonds is 2. The van der Waals surface area contributed by atoms with Crippen molar-refractivity contribution in [3.8, 4) is 5.75 Å². The molecule has 0 fully saturated rings. The van der Waals surface area contributed by atoms with Crippen molar-refractivity contribution >= 4 is 41.2 Å². The first-order chi connectivity index (χ1) is 10.5. The van der Waals surface area contributed by atoms with Crippen LogP contribution in [-0.2, 0) is 0 Å². The molecule has 5 nitrogen and oxygen atoms in total. The lowest BCUT2D eigenvalue weighted by molar-refractivity contribution is 0.0660. The largest absolute Gasteiger partial charge is 0.506 e. The van der Waals surface area contributed by atoms with Crippen LogP contribution in [0, 0.1) is 0 Å². The van der Waals surface area contributed by atoms with Crippen LogP contribution in [0.2, 0.25) is 10.0 Å². The van der Waals surface area contributed by atoms with Crippen molar-refractivity contribution in [1.29, 1.82) is 0 Å². The predicted octanol–water partition coefficient (Wildman–Crippen LogP) is 3.33. The van der Waals surface area contributed by atoms with Gasteiger partial charge in [0.25, 0.3) is 11.8 Å². The molecule has 1 aliphatic rings. The molecule has 7 heteroatoms. The normalized spacial score (nSPS) is 14.0. The van der Waals surface area contributed by atoms with E-state index in [4.69, 9.17) is 23.2 Å². The Hall–Kier alpha value is -2.37. The minimum atomic E-state index is -0.524. The molecule has 0 aliphatic carbocycles. The van der Waals surface area contributed by atoms with Crippen molar-refractivity contribution < 1.29 is 14.7 Å².